The molecule has 0 aliphatic carbocycles. The number of carbonyl (C=O) groups excluding carboxylic acids is 2. The lowest BCUT2D eigenvalue weighted by Crippen LogP contribution is -2.39. The Hall–Kier alpha value is -6.61. The average Bonchev–Trinajstić information content (AvgIpc) is 3.79. The van der Waals surface area contributed by atoms with Crippen molar-refractivity contribution in [1.29, 1.82) is 5.26 Å². The number of rotatable bonds is 23. The zero-order valence-electron chi connectivity index (χ0n) is 44.5. The van der Waals surface area contributed by atoms with Gasteiger partial charge in [0.2, 0.25) is 5.91 Å². The van der Waals surface area contributed by atoms with Gasteiger partial charge in [0.15, 0.2) is 0 Å². The van der Waals surface area contributed by atoms with Gasteiger partial charge in [-0.2, -0.15) is 10.2 Å². The smallest absolute Gasteiger partial charge is 0.349 e. The molecule has 19 nitrogen and oxygen atoms in total. The van der Waals surface area contributed by atoms with Crippen molar-refractivity contribution in [3.63, 3.8) is 0 Å². The van der Waals surface area contributed by atoms with Crippen molar-refractivity contribution < 1.29 is 42.3 Å². The molecule has 76 heavy (non-hydrogen) atoms. The summed E-state index contributed by atoms with van der Waals surface area (Å²) in [5.41, 5.74) is -1.22. The zero-order chi connectivity index (χ0) is 55.2. The zero-order valence-corrected chi connectivity index (χ0v) is 46.2. The van der Waals surface area contributed by atoms with E-state index in [9.17, 15) is 29.2 Å². The minimum atomic E-state index is -1.81. The summed E-state index contributed by atoms with van der Waals surface area (Å²) >= 11 is 1.09. The first-order valence-corrected chi connectivity index (χ1v) is 26.8. The summed E-state index contributed by atoms with van der Waals surface area (Å²) in [4.78, 5) is 71.4. The van der Waals surface area contributed by atoms with E-state index in [4.69, 9.17) is 32.7 Å². The second-order valence-corrected chi connectivity index (χ2v) is 21.6. The first kappa shape index (κ1) is 58.6. The maximum absolute atomic E-state index is 13.7. The minimum Gasteiger partial charge on any atom is -0.497 e. The maximum Gasteiger partial charge on any atom is 0.349 e. The molecule has 0 bridgehead atoms. The molecule has 3 aromatic carbocycles. The van der Waals surface area contributed by atoms with E-state index in [0.717, 1.165) is 33.0 Å². The molecule has 1 fully saturated rings. The number of nitrogens with one attached hydrogen (secondary N) is 2. The quantitative estimate of drug-likeness (QED) is 0.00965. The predicted molar refractivity (Wildman–Crippen MR) is 288 cm³/mol. The summed E-state index contributed by atoms with van der Waals surface area (Å²) < 4.78 is 48.3. The van der Waals surface area contributed by atoms with E-state index < -0.39 is 60.8 Å². The van der Waals surface area contributed by atoms with Gasteiger partial charge in [-0.15, -0.1) is 0 Å². The molecule has 1 aliphatic heterocycles. The summed E-state index contributed by atoms with van der Waals surface area (Å²) in [6.07, 6.45) is 0.426. The van der Waals surface area contributed by atoms with E-state index in [1.165, 1.54) is 17.0 Å². The Morgan fingerprint density at radius 1 is 0.934 bits per heavy atom. The van der Waals surface area contributed by atoms with Gasteiger partial charge in [0, 0.05) is 30.9 Å². The molecule has 4 atom stereocenters. The molecule has 0 radical (unpaired) electrons. The molecule has 1 amide bonds. The van der Waals surface area contributed by atoms with Crippen LogP contribution in [0.5, 0.6) is 11.5 Å². The Morgan fingerprint density at radius 3 is 2.13 bits per heavy atom. The van der Waals surface area contributed by atoms with E-state index in [2.05, 4.69) is 37.9 Å². The van der Waals surface area contributed by atoms with Crippen LogP contribution in [0.15, 0.2) is 111 Å². The van der Waals surface area contributed by atoms with Gasteiger partial charge in [-0.05, 0) is 102 Å². The van der Waals surface area contributed by atoms with E-state index in [-0.39, 0.29) is 68.7 Å². The average molecular weight is 1080 g/mol. The molecule has 1 aliphatic rings. The number of benzene rings is 3. The van der Waals surface area contributed by atoms with Gasteiger partial charge in [-0.1, -0.05) is 78.2 Å². The number of carbonyl (C=O) groups is 2. The third kappa shape index (κ3) is 14.9. The van der Waals surface area contributed by atoms with Crippen molar-refractivity contribution >= 4 is 32.2 Å². The summed E-state index contributed by atoms with van der Waals surface area (Å²) in [5.74, 6) is 5.86. The lowest BCUT2D eigenvalue weighted by atomic mass is 9.80. The number of amides is 1. The molecule has 6 rings (SSSR count). The van der Waals surface area contributed by atoms with Gasteiger partial charge in [0.1, 0.15) is 52.5 Å². The number of methoxy groups -OCH3 is 2. The van der Waals surface area contributed by atoms with Crippen LogP contribution in [0.2, 0.25) is 0 Å². The van der Waals surface area contributed by atoms with Crippen LogP contribution in [0.25, 0.3) is 0 Å². The fourth-order valence-electron chi connectivity index (χ4n) is 8.30. The molecule has 1 saturated heterocycles. The molecule has 5 aromatic rings. The van der Waals surface area contributed by atoms with Crippen LogP contribution in [0.3, 0.4) is 0 Å². The number of nitrogens with zero attached hydrogens (tertiary/aromatic N) is 5. The number of nitriles is 1. The number of thioether (sulfide) groups is 1. The largest absolute Gasteiger partial charge is 0.497 e. The molecular formula is C55H66N7O12PS. The number of hydrogen-bond donors (Lipinski definition) is 2. The summed E-state index contributed by atoms with van der Waals surface area (Å²) in [5, 5.41) is 12.5. The maximum atomic E-state index is 13.7. The van der Waals surface area contributed by atoms with Crippen LogP contribution in [0, 0.1) is 35.5 Å². The summed E-state index contributed by atoms with van der Waals surface area (Å²) in [6, 6.07) is 27.1. The Morgan fingerprint density at radius 2 is 1.55 bits per heavy atom. The fourth-order valence-corrected chi connectivity index (χ4v) is 10.8. The Bertz CT molecular complexity index is 3000. The van der Waals surface area contributed by atoms with Crippen LogP contribution in [0.1, 0.15) is 95.4 Å². The first-order valence-electron chi connectivity index (χ1n) is 24.7. The Labute approximate surface area is 448 Å². The molecule has 404 valence electrons. The van der Waals surface area contributed by atoms with Crippen molar-refractivity contribution in [2.24, 2.45) is 5.41 Å². The third-order valence-corrected chi connectivity index (χ3v) is 15.1. The lowest BCUT2D eigenvalue weighted by Gasteiger charge is -2.39. The number of aryl methyl sites for hydroxylation is 1. The molecular weight excluding hydrogens is 1010 g/mol. The van der Waals surface area contributed by atoms with Gasteiger partial charge in [-0.3, -0.25) is 28.5 Å². The van der Waals surface area contributed by atoms with Crippen LogP contribution < -0.4 is 31.7 Å². The van der Waals surface area contributed by atoms with E-state index in [0.29, 0.717) is 22.1 Å². The first-order chi connectivity index (χ1) is 36.3. The normalized spacial score (nSPS) is 16.0. The molecule has 0 saturated carbocycles. The van der Waals surface area contributed by atoms with E-state index in [1.54, 1.807) is 41.9 Å². The molecule has 2 N–H and O–H groups in total. The van der Waals surface area contributed by atoms with Crippen molar-refractivity contribution in [3.8, 4) is 29.4 Å². The van der Waals surface area contributed by atoms with Crippen LogP contribution in [-0.4, -0.2) is 99.9 Å². The van der Waals surface area contributed by atoms with Crippen molar-refractivity contribution in [2.75, 3.05) is 39.9 Å². The van der Waals surface area contributed by atoms with E-state index >= 15 is 0 Å². The highest BCUT2D eigenvalue weighted by Gasteiger charge is 2.45. The highest BCUT2D eigenvalue weighted by molar-refractivity contribution is 7.99. The number of aromatic nitrogens is 4. The van der Waals surface area contributed by atoms with Crippen LogP contribution >= 0.6 is 20.3 Å². The number of aromatic amines is 1. The summed E-state index contributed by atoms with van der Waals surface area (Å²) in [6.45, 7) is 14.5. The predicted octanol–water partition coefficient (Wildman–Crippen LogP) is 7.18. The van der Waals surface area contributed by atoms with Crippen LogP contribution in [-0.2, 0) is 45.0 Å². The van der Waals surface area contributed by atoms with Gasteiger partial charge in [0.25, 0.3) is 14.1 Å². The van der Waals surface area contributed by atoms with Crippen molar-refractivity contribution in [3.05, 3.63) is 150 Å². The van der Waals surface area contributed by atoms with Gasteiger partial charge < -0.3 is 38.0 Å². The number of hydrogen-bond acceptors (Lipinski definition) is 16. The number of H-pyrrole nitrogens is 1. The highest BCUT2D eigenvalue weighted by atomic mass is 32.2. The van der Waals surface area contributed by atoms with Gasteiger partial charge >= 0.3 is 17.3 Å². The highest BCUT2D eigenvalue weighted by Crippen LogP contribution is 2.51. The second-order valence-electron chi connectivity index (χ2n) is 19.2. The SMILES string of the molecule is COc1ccc(C(OC[C@H]2O[C@@H](n3cc(C#CCNC(=O)Cn4cc(C)c(SCOC(=O)C(C)(C)C)nc4=O)c(=O)[nH]c3=O)C[C@@H]2OP(OCCC#N)N(C(C)C)C(C)C)(c2ccccc2)c2ccc(OC)cc2)cc1. The number of esters is 1. The topological polar surface area (TPSA) is 228 Å². The van der Waals surface area contributed by atoms with Crippen molar-refractivity contribution in [1.82, 2.24) is 29.1 Å². The van der Waals surface area contributed by atoms with Gasteiger partial charge in [-0.25, -0.2) is 14.3 Å². The molecule has 3 heterocycles. The third-order valence-electron chi connectivity index (χ3n) is 12.0. The number of ether oxygens (including phenoxy) is 5. The summed E-state index contributed by atoms with van der Waals surface area (Å²) in [7, 11) is 1.39. The van der Waals surface area contributed by atoms with Gasteiger partial charge in [0.05, 0.1) is 58.0 Å². The molecule has 21 heteroatoms. The Balaban J connectivity index is 1.28. The van der Waals surface area contributed by atoms with Crippen LogP contribution in [0.4, 0.5) is 0 Å². The molecule has 2 aromatic heterocycles. The van der Waals surface area contributed by atoms with E-state index in [1.807, 2.05) is 107 Å². The monoisotopic (exact) mass is 1080 g/mol. The molecule has 1 unspecified atom stereocenters. The van der Waals surface area contributed by atoms with Crippen molar-refractivity contribution in [2.45, 2.75) is 116 Å². The standard InChI is InChI=1S/C55H66N7O12PS/c1-36(2)62(37(3)4)75(72-29-15-27-56)74-45-30-48(73-46(45)34-71-55(40-17-12-11-13-18-40,41-19-23-43(68-9)24-20-41)42-21-25-44(69-10)26-22-42)61-32-39(49(64)58-53(61)67)16-14-28-57-47(63)33-60-31-38(5)50(59-52(60)66)76-35-70-51(65)54(6,7)8/h11-13,17-26,31-32,36-37,45-46,48H,15,28-30,33-35H2,1-10H3,(H,57,63)(H,58,64,67)/t45-,46+,48+,75?/m0/s1. The molecule has 0 spiro atoms. The second kappa shape index (κ2) is 26.9. The minimum absolute atomic E-state index is 0.0245. The lowest BCUT2D eigenvalue weighted by molar-refractivity contribution is -0.150. The fraction of sp³-hybridized carbons (Fsp3) is 0.436. The Kier molecular flexibility index (Phi) is 20.8.